The summed E-state index contributed by atoms with van der Waals surface area (Å²) in [5, 5.41) is 4.24. The lowest BCUT2D eigenvalue weighted by Gasteiger charge is -2.05. The van der Waals surface area contributed by atoms with Crippen molar-refractivity contribution in [2.45, 2.75) is 32.6 Å². The van der Waals surface area contributed by atoms with Crippen molar-refractivity contribution in [3.8, 4) is 0 Å². The van der Waals surface area contributed by atoms with Crippen molar-refractivity contribution in [3.05, 3.63) is 52.2 Å². The lowest BCUT2D eigenvalue weighted by atomic mass is 10.0. The molecule has 0 spiro atoms. The summed E-state index contributed by atoms with van der Waals surface area (Å²) >= 11 is 1.26. The van der Waals surface area contributed by atoms with Gasteiger partial charge in [-0.3, -0.25) is 14.9 Å². The second-order valence-electron chi connectivity index (χ2n) is 6.18. The zero-order valence-corrected chi connectivity index (χ0v) is 15.2. The number of aromatic nitrogens is 1. The maximum Gasteiger partial charge on any atom is 0.250 e. The minimum absolute atomic E-state index is 0.122. The van der Waals surface area contributed by atoms with Crippen molar-refractivity contribution >= 4 is 45.2 Å². The molecule has 1 aliphatic carbocycles. The smallest absolute Gasteiger partial charge is 0.250 e. The number of benzene rings is 1. The van der Waals surface area contributed by atoms with Gasteiger partial charge < -0.3 is 4.42 Å². The molecule has 0 unspecified atom stereocenters. The second-order valence-corrected chi connectivity index (χ2v) is 7.18. The largest absolute Gasteiger partial charge is 0.460 e. The van der Waals surface area contributed by atoms with E-state index in [0.29, 0.717) is 16.4 Å². The van der Waals surface area contributed by atoms with E-state index in [-0.39, 0.29) is 11.7 Å². The average Bonchev–Trinajstić information content (AvgIpc) is 3.21. The molecule has 1 N–H and O–H groups in total. The fourth-order valence-electron chi connectivity index (χ4n) is 3.19. The first kappa shape index (κ1) is 16.7. The summed E-state index contributed by atoms with van der Waals surface area (Å²) in [7, 11) is 0. The van der Waals surface area contributed by atoms with Crippen LogP contribution in [0.2, 0.25) is 0 Å². The number of anilines is 1. The first-order valence-electron chi connectivity index (χ1n) is 8.68. The molecule has 26 heavy (non-hydrogen) atoms. The van der Waals surface area contributed by atoms with E-state index < -0.39 is 0 Å². The van der Waals surface area contributed by atoms with E-state index in [0.717, 1.165) is 47.2 Å². The van der Waals surface area contributed by atoms with Crippen LogP contribution in [0.1, 0.15) is 46.5 Å². The number of amides is 1. The summed E-state index contributed by atoms with van der Waals surface area (Å²) in [5.74, 6) is 0.707. The number of thiazole rings is 1. The molecule has 2 heterocycles. The van der Waals surface area contributed by atoms with Crippen LogP contribution in [0, 0.1) is 0 Å². The number of hydrogen-bond donors (Lipinski definition) is 1. The third kappa shape index (κ3) is 3.08. The maximum atomic E-state index is 12.3. The third-order valence-electron chi connectivity index (χ3n) is 4.43. The Morgan fingerprint density at radius 2 is 2.19 bits per heavy atom. The number of Topliss-reactive ketones (excluding diaryl/α,β-unsaturated/α-hetero) is 1. The molecule has 3 aromatic rings. The van der Waals surface area contributed by atoms with Gasteiger partial charge in [-0.15, -0.1) is 0 Å². The number of furan rings is 1. The second kappa shape index (κ2) is 6.88. The SMILES string of the molecule is CCc1oc2ccccc2c1/C=C/C(=O)Nc1nc2c(s1)C(=O)CCC2. The van der Waals surface area contributed by atoms with Gasteiger partial charge in [-0.2, -0.15) is 0 Å². The summed E-state index contributed by atoms with van der Waals surface area (Å²) in [6.07, 6.45) is 6.20. The van der Waals surface area contributed by atoms with Gasteiger partial charge in [0.1, 0.15) is 11.3 Å². The van der Waals surface area contributed by atoms with Crippen molar-refractivity contribution in [1.29, 1.82) is 0 Å². The Kier molecular flexibility index (Phi) is 4.42. The summed E-state index contributed by atoms with van der Waals surface area (Å²) in [6, 6.07) is 7.78. The minimum Gasteiger partial charge on any atom is -0.460 e. The molecule has 6 heteroatoms. The number of carbonyl (C=O) groups is 2. The number of fused-ring (bicyclic) bond motifs is 2. The van der Waals surface area contributed by atoms with Crippen molar-refractivity contribution < 1.29 is 14.0 Å². The molecular formula is C20H18N2O3S. The molecule has 132 valence electrons. The van der Waals surface area contributed by atoms with E-state index in [9.17, 15) is 9.59 Å². The van der Waals surface area contributed by atoms with Gasteiger partial charge in [-0.25, -0.2) is 4.98 Å². The predicted octanol–water partition coefficient (Wildman–Crippen LogP) is 4.62. The molecule has 1 aromatic carbocycles. The first-order chi connectivity index (χ1) is 12.7. The molecule has 1 aliphatic rings. The average molecular weight is 366 g/mol. The van der Waals surface area contributed by atoms with E-state index in [1.165, 1.54) is 17.4 Å². The Bertz CT molecular complexity index is 1030. The van der Waals surface area contributed by atoms with Gasteiger partial charge in [0.25, 0.3) is 0 Å². The number of carbonyl (C=O) groups excluding carboxylic acids is 2. The Labute approximate surface area is 154 Å². The van der Waals surface area contributed by atoms with Gasteiger partial charge >= 0.3 is 0 Å². The number of rotatable bonds is 4. The van der Waals surface area contributed by atoms with Crippen LogP contribution in [0.4, 0.5) is 5.13 Å². The number of nitrogens with one attached hydrogen (secondary N) is 1. The van der Waals surface area contributed by atoms with Crippen molar-refractivity contribution in [3.63, 3.8) is 0 Å². The molecular weight excluding hydrogens is 348 g/mol. The molecule has 0 radical (unpaired) electrons. The summed E-state index contributed by atoms with van der Waals surface area (Å²) in [6.45, 7) is 2.02. The van der Waals surface area contributed by atoms with E-state index in [2.05, 4.69) is 10.3 Å². The topological polar surface area (TPSA) is 72.2 Å². The Hall–Kier alpha value is -2.73. The zero-order chi connectivity index (χ0) is 18.1. The van der Waals surface area contributed by atoms with Gasteiger partial charge in [0.15, 0.2) is 10.9 Å². The Balaban J connectivity index is 1.55. The summed E-state index contributed by atoms with van der Waals surface area (Å²) in [4.78, 5) is 29.3. The predicted molar refractivity (Wildman–Crippen MR) is 103 cm³/mol. The highest BCUT2D eigenvalue weighted by Crippen LogP contribution is 2.30. The molecule has 0 atom stereocenters. The van der Waals surface area contributed by atoms with Gasteiger partial charge in [-0.05, 0) is 25.0 Å². The van der Waals surface area contributed by atoms with E-state index in [1.54, 1.807) is 6.08 Å². The lowest BCUT2D eigenvalue weighted by molar-refractivity contribution is -0.111. The minimum atomic E-state index is -0.268. The van der Waals surface area contributed by atoms with Crippen LogP contribution in [-0.2, 0) is 17.6 Å². The van der Waals surface area contributed by atoms with Crippen LogP contribution < -0.4 is 5.32 Å². The molecule has 5 nitrogen and oxygen atoms in total. The molecule has 0 saturated heterocycles. The normalized spacial score (nSPS) is 14.1. The molecule has 2 aromatic heterocycles. The highest BCUT2D eigenvalue weighted by Gasteiger charge is 2.22. The lowest BCUT2D eigenvalue weighted by Crippen LogP contribution is -2.08. The van der Waals surface area contributed by atoms with Crippen LogP contribution in [0.3, 0.4) is 0 Å². The first-order valence-corrected chi connectivity index (χ1v) is 9.49. The van der Waals surface area contributed by atoms with Gasteiger partial charge in [0.2, 0.25) is 5.91 Å². The van der Waals surface area contributed by atoms with E-state index in [4.69, 9.17) is 4.42 Å². The molecule has 1 amide bonds. The fourth-order valence-corrected chi connectivity index (χ4v) is 4.17. The Morgan fingerprint density at radius 3 is 3.00 bits per heavy atom. The van der Waals surface area contributed by atoms with Crippen LogP contribution in [0.15, 0.2) is 34.8 Å². The maximum absolute atomic E-state index is 12.3. The molecule has 0 aliphatic heterocycles. The number of ketones is 1. The monoisotopic (exact) mass is 366 g/mol. The summed E-state index contributed by atoms with van der Waals surface area (Å²) < 4.78 is 5.84. The number of aryl methyl sites for hydroxylation is 2. The highest BCUT2D eigenvalue weighted by atomic mass is 32.1. The summed E-state index contributed by atoms with van der Waals surface area (Å²) in [5.41, 5.74) is 2.54. The standard InChI is InChI=1S/C20H18N2O3S/c1-2-16-13(12-6-3-4-9-17(12)25-16)10-11-18(24)22-20-21-14-7-5-8-15(23)19(14)26-20/h3-4,6,9-11H,2,5,7-8H2,1H3,(H,21,22,24)/b11-10+. The van der Waals surface area contributed by atoms with Gasteiger partial charge in [0, 0.05) is 29.9 Å². The Morgan fingerprint density at radius 1 is 1.35 bits per heavy atom. The molecule has 4 rings (SSSR count). The van der Waals surface area contributed by atoms with Crippen molar-refractivity contribution in [2.75, 3.05) is 5.32 Å². The quantitative estimate of drug-likeness (QED) is 0.684. The highest BCUT2D eigenvalue weighted by molar-refractivity contribution is 7.17. The van der Waals surface area contributed by atoms with E-state index in [1.807, 2.05) is 31.2 Å². The molecule has 0 bridgehead atoms. The van der Waals surface area contributed by atoms with Gasteiger partial charge in [-0.1, -0.05) is 36.5 Å². The molecule has 0 fully saturated rings. The van der Waals surface area contributed by atoms with Crippen LogP contribution in [0.5, 0.6) is 0 Å². The van der Waals surface area contributed by atoms with Crippen LogP contribution in [0.25, 0.3) is 17.0 Å². The van der Waals surface area contributed by atoms with Crippen molar-refractivity contribution in [2.24, 2.45) is 0 Å². The van der Waals surface area contributed by atoms with E-state index >= 15 is 0 Å². The van der Waals surface area contributed by atoms with Crippen LogP contribution >= 0.6 is 11.3 Å². The number of nitrogens with zero attached hydrogens (tertiary/aromatic N) is 1. The van der Waals surface area contributed by atoms with Gasteiger partial charge in [0.05, 0.1) is 10.6 Å². The molecule has 0 saturated carbocycles. The van der Waals surface area contributed by atoms with Crippen molar-refractivity contribution in [1.82, 2.24) is 4.98 Å². The third-order valence-corrected chi connectivity index (χ3v) is 5.49. The van der Waals surface area contributed by atoms with Crippen LogP contribution in [-0.4, -0.2) is 16.7 Å². The number of para-hydroxylation sites is 1. The fraction of sp³-hybridized carbons (Fsp3) is 0.250. The zero-order valence-electron chi connectivity index (χ0n) is 14.4. The number of hydrogen-bond acceptors (Lipinski definition) is 5.